The predicted molar refractivity (Wildman–Crippen MR) is 61.1 cm³/mol. The number of aromatic nitrogens is 1. The van der Waals surface area contributed by atoms with Crippen molar-refractivity contribution in [2.45, 2.75) is 26.3 Å². The lowest BCUT2D eigenvalue weighted by molar-refractivity contribution is -0.150. The van der Waals surface area contributed by atoms with Gasteiger partial charge in [-0.25, -0.2) is 0 Å². The molecule has 2 heterocycles. The molecule has 0 unspecified atom stereocenters. The fourth-order valence-corrected chi connectivity index (χ4v) is 2.21. The molecule has 17 heavy (non-hydrogen) atoms. The highest BCUT2D eigenvalue weighted by atomic mass is 16.5. The molecule has 0 spiro atoms. The van der Waals surface area contributed by atoms with Gasteiger partial charge in [-0.2, -0.15) is 0 Å². The van der Waals surface area contributed by atoms with Crippen molar-refractivity contribution in [3.63, 3.8) is 0 Å². The van der Waals surface area contributed by atoms with Gasteiger partial charge in [0, 0.05) is 18.7 Å². The Bertz CT molecular complexity index is 351. The molecule has 0 N–H and O–H groups in total. The molecule has 5 nitrogen and oxygen atoms in total. The summed E-state index contributed by atoms with van der Waals surface area (Å²) in [5.74, 6) is -0.0499. The average molecular weight is 238 g/mol. The number of carbonyl (C=O) groups excluding carboxylic acids is 1. The molecule has 0 aliphatic carbocycles. The van der Waals surface area contributed by atoms with Crippen molar-refractivity contribution < 1.29 is 14.1 Å². The molecule has 0 saturated carbocycles. The van der Waals surface area contributed by atoms with Gasteiger partial charge in [-0.3, -0.25) is 9.69 Å². The number of hydrogen-bond acceptors (Lipinski definition) is 5. The van der Waals surface area contributed by atoms with Crippen LogP contribution in [0.2, 0.25) is 0 Å². The van der Waals surface area contributed by atoms with Gasteiger partial charge < -0.3 is 9.26 Å². The first kappa shape index (κ1) is 12.1. The summed E-state index contributed by atoms with van der Waals surface area (Å²) >= 11 is 0. The van der Waals surface area contributed by atoms with Gasteiger partial charge in [0.15, 0.2) is 0 Å². The molecule has 2 rings (SSSR count). The van der Waals surface area contributed by atoms with Crippen LogP contribution in [-0.2, 0) is 16.1 Å². The van der Waals surface area contributed by atoms with Crippen LogP contribution in [0.1, 0.15) is 25.3 Å². The summed E-state index contributed by atoms with van der Waals surface area (Å²) in [6.07, 6.45) is 5.33. The van der Waals surface area contributed by atoms with Gasteiger partial charge in [0.1, 0.15) is 6.26 Å². The Morgan fingerprint density at radius 3 is 3.29 bits per heavy atom. The number of nitrogens with zero attached hydrogens (tertiary/aromatic N) is 2. The number of likely N-dealkylation sites (tertiary alicyclic amines) is 1. The van der Waals surface area contributed by atoms with Crippen molar-refractivity contribution in [2.24, 2.45) is 5.92 Å². The van der Waals surface area contributed by atoms with E-state index in [1.54, 1.807) is 12.5 Å². The standard InChI is InChI=1S/C12H18N2O3/c1-2-16-12(15)11-4-3-5-14(8-11)7-10-6-13-17-9-10/h6,9,11H,2-5,7-8H2,1H3/t11-/m1/s1. The lowest BCUT2D eigenvalue weighted by Crippen LogP contribution is -2.38. The summed E-state index contributed by atoms with van der Waals surface area (Å²) in [5, 5.41) is 3.68. The van der Waals surface area contributed by atoms with E-state index in [1.165, 1.54) is 0 Å². The molecule has 5 heteroatoms. The third-order valence-electron chi connectivity index (χ3n) is 3.02. The summed E-state index contributed by atoms with van der Waals surface area (Å²) in [7, 11) is 0. The number of ether oxygens (including phenoxy) is 1. The lowest BCUT2D eigenvalue weighted by Gasteiger charge is -2.30. The van der Waals surface area contributed by atoms with Crippen LogP contribution >= 0.6 is 0 Å². The van der Waals surface area contributed by atoms with Gasteiger partial charge >= 0.3 is 5.97 Å². The molecule has 1 saturated heterocycles. The molecular weight excluding hydrogens is 220 g/mol. The number of rotatable bonds is 4. The second-order valence-corrected chi connectivity index (χ2v) is 4.36. The summed E-state index contributed by atoms with van der Waals surface area (Å²) in [6.45, 7) is 4.88. The Morgan fingerprint density at radius 2 is 2.59 bits per heavy atom. The Morgan fingerprint density at radius 1 is 1.71 bits per heavy atom. The van der Waals surface area contributed by atoms with Crippen molar-refractivity contribution in [1.82, 2.24) is 10.1 Å². The highest BCUT2D eigenvalue weighted by Gasteiger charge is 2.26. The van der Waals surface area contributed by atoms with E-state index in [2.05, 4.69) is 10.1 Å². The monoisotopic (exact) mass is 238 g/mol. The van der Waals surface area contributed by atoms with Crippen LogP contribution < -0.4 is 0 Å². The normalized spacial score (nSPS) is 21.4. The smallest absolute Gasteiger partial charge is 0.310 e. The first-order valence-corrected chi connectivity index (χ1v) is 6.07. The van der Waals surface area contributed by atoms with Crippen LogP contribution in [0.5, 0.6) is 0 Å². The first-order chi connectivity index (χ1) is 8.29. The summed E-state index contributed by atoms with van der Waals surface area (Å²) in [6, 6.07) is 0. The van der Waals surface area contributed by atoms with Crippen molar-refractivity contribution in [1.29, 1.82) is 0 Å². The van der Waals surface area contributed by atoms with Gasteiger partial charge in [-0.05, 0) is 26.3 Å². The SMILES string of the molecule is CCOC(=O)[C@@H]1CCCN(Cc2cnoc2)C1. The second-order valence-electron chi connectivity index (χ2n) is 4.36. The zero-order valence-corrected chi connectivity index (χ0v) is 10.1. The van der Waals surface area contributed by atoms with Gasteiger partial charge in [0.05, 0.1) is 18.7 Å². The van der Waals surface area contributed by atoms with Gasteiger partial charge in [-0.1, -0.05) is 5.16 Å². The van der Waals surface area contributed by atoms with Crippen LogP contribution in [0.25, 0.3) is 0 Å². The third kappa shape index (κ3) is 3.30. The molecule has 0 amide bonds. The van der Waals surface area contributed by atoms with E-state index in [0.717, 1.165) is 38.0 Å². The zero-order valence-electron chi connectivity index (χ0n) is 10.1. The van der Waals surface area contributed by atoms with E-state index >= 15 is 0 Å². The number of piperidine rings is 1. The minimum absolute atomic E-state index is 0.0172. The highest BCUT2D eigenvalue weighted by molar-refractivity contribution is 5.72. The van der Waals surface area contributed by atoms with Crippen molar-refractivity contribution >= 4 is 5.97 Å². The molecule has 1 aliphatic heterocycles. The number of esters is 1. The fraction of sp³-hybridized carbons (Fsp3) is 0.667. The molecule has 1 fully saturated rings. The maximum absolute atomic E-state index is 11.7. The minimum atomic E-state index is -0.0671. The van der Waals surface area contributed by atoms with Gasteiger partial charge in [0.2, 0.25) is 0 Å². The summed E-state index contributed by atoms with van der Waals surface area (Å²) in [5.41, 5.74) is 1.05. The quantitative estimate of drug-likeness (QED) is 0.743. The van der Waals surface area contributed by atoms with E-state index in [9.17, 15) is 4.79 Å². The first-order valence-electron chi connectivity index (χ1n) is 6.07. The predicted octanol–water partition coefficient (Wildman–Crippen LogP) is 1.45. The van der Waals surface area contributed by atoms with E-state index in [-0.39, 0.29) is 11.9 Å². The summed E-state index contributed by atoms with van der Waals surface area (Å²) < 4.78 is 9.87. The van der Waals surface area contributed by atoms with Crippen LogP contribution in [-0.4, -0.2) is 35.7 Å². The largest absolute Gasteiger partial charge is 0.466 e. The van der Waals surface area contributed by atoms with E-state index in [1.807, 2.05) is 6.92 Å². The van der Waals surface area contributed by atoms with Crippen molar-refractivity contribution in [3.8, 4) is 0 Å². The number of hydrogen-bond donors (Lipinski definition) is 0. The lowest BCUT2D eigenvalue weighted by atomic mass is 9.98. The maximum Gasteiger partial charge on any atom is 0.310 e. The number of carbonyl (C=O) groups is 1. The molecule has 94 valence electrons. The Hall–Kier alpha value is -1.36. The van der Waals surface area contributed by atoms with Crippen molar-refractivity contribution in [3.05, 3.63) is 18.0 Å². The van der Waals surface area contributed by atoms with Gasteiger partial charge in [0.25, 0.3) is 0 Å². The second kappa shape index (κ2) is 5.82. The summed E-state index contributed by atoms with van der Waals surface area (Å²) in [4.78, 5) is 13.9. The maximum atomic E-state index is 11.7. The molecule has 1 aromatic rings. The minimum Gasteiger partial charge on any atom is -0.466 e. The van der Waals surface area contributed by atoms with E-state index in [0.29, 0.717) is 6.61 Å². The highest BCUT2D eigenvalue weighted by Crippen LogP contribution is 2.19. The molecule has 1 aliphatic rings. The van der Waals surface area contributed by atoms with Crippen LogP contribution in [0.15, 0.2) is 17.0 Å². The molecule has 0 aromatic carbocycles. The Balaban J connectivity index is 1.86. The molecule has 1 aromatic heterocycles. The third-order valence-corrected chi connectivity index (χ3v) is 3.02. The van der Waals surface area contributed by atoms with E-state index in [4.69, 9.17) is 9.26 Å². The Labute approximate surface area is 101 Å². The molecule has 0 bridgehead atoms. The van der Waals surface area contributed by atoms with Crippen LogP contribution in [0, 0.1) is 5.92 Å². The van der Waals surface area contributed by atoms with Gasteiger partial charge in [-0.15, -0.1) is 0 Å². The average Bonchev–Trinajstić information content (AvgIpc) is 2.82. The van der Waals surface area contributed by atoms with E-state index < -0.39 is 0 Å². The van der Waals surface area contributed by atoms with Crippen molar-refractivity contribution in [2.75, 3.05) is 19.7 Å². The Kier molecular flexibility index (Phi) is 4.14. The van der Waals surface area contributed by atoms with Crippen LogP contribution in [0.3, 0.4) is 0 Å². The fourth-order valence-electron chi connectivity index (χ4n) is 2.21. The molecule has 1 atom stereocenters. The zero-order chi connectivity index (χ0) is 12.1. The van der Waals surface area contributed by atoms with Crippen LogP contribution in [0.4, 0.5) is 0 Å². The molecular formula is C12H18N2O3. The topological polar surface area (TPSA) is 55.6 Å². The molecule has 0 radical (unpaired) electrons.